The van der Waals surface area contributed by atoms with Crippen molar-refractivity contribution < 1.29 is 0 Å². The van der Waals surface area contributed by atoms with Gasteiger partial charge in [0, 0.05) is 45.8 Å². The minimum atomic E-state index is 0.681. The summed E-state index contributed by atoms with van der Waals surface area (Å²) in [7, 11) is 3.70. The maximum Gasteiger partial charge on any atom is 0.191 e. The number of hydrogen-bond donors (Lipinski definition) is 2. The molecule has 130 valence electrons. The summed E-state index contributed by atoms with van der Waals surface area (Å²) in [5.41, 5.74) is 3.56. The van der Waals surface area contributed by atoms with E-state index in [1.54, 1.807) is 19.4 Å². The van der Waals surface area contributed by atoms with Crippen LogP contribution in [0.1, 0.15) is 16.8 Å². The van der Waals surface area contributed by atoms with Crippen LogP contribution in [0.15, 0.2) is 60.2 Å². The monoisotopic (exact) mass is 337 g/mol. The number of imidazole rings is 1. The number of aryl methyl sites for hydroxylation is 1. The van der Waals surface area contributed by atoms with Gasteiger partial charge in [-0.1, -0.05) is 24.3 Å². The molecule has 7 nitrogen and oxygen atoms in total. The zero-order valence-corrected chi connectivity index (χ0v) is 14.6. The van der Waals surface area contributed by atoms with Crippen molar-refractivity contribution in [2.75, 3.05) is 7.05 Å². The van der Waals surface area contributed by atoms with Crippen LogP contribution in [0, 0.1) is 0 Å². The van der Waals surface area contributed by atoms with E-state index >= 15 is 0 Å². The van der Waals surface area contributed by atoms with Crippen molar-refractivity contribution in [3.05, 3.63) is 72.1 Å². The molecule has 2 heterocycles. The average Bonchev–Trinajstić information content (AvgIpc) is 3.28. The SMILES string of the molecule is CN=C(NCc1ccc(Cn2ccnc2)cc1)NCc1ccnn1C. The van der Waals surface area contributed by atoms with Crippen LogP contribution in [0.4, 0.5) is 0 Å². The molecule has 2 aromatic heterocycles. The normalized spacial score (nSPS) is 11.5. The first-order valence-electron chi connectivity index (χ1n) is 8.19. The van der Waals surface area contributed by atoms with E-state index in [0.717, 1.165) is 24.7 Å². The number of aliphatic imine (C=N–C) groups is 1. The van der Waals surface area contributed by atoms with Gasteiger partial charge >= 0.3 is 0 Å². The highest BCUT2D eigenvalue weighted by Crippen LogP contribution is 2.06. The van der Waals surface area contributed by atoms with Gasteiger partial charge in [-0.2, -0.15) is 5.10 Å². The molecule has 0 unspecified atom stereocenters. The van der Waals surface area contributed by atoms with Crippen molar-refractivity contribution >= 4 is 5.96 Å². The van der Waals surface area contributed by atoms with Crippen LogP contribution in [-0.4, -0.2) is 32.3 Å². The molecule has 0 atom stereocenters. The number of hydrogen-bond acceptors (Lipinski definition) is 3. The number of benzene rings is 1. The fraction of sp³-hybridized carbons (Fsp3) is 0.278. The third-order valence-electron chi connectivity index (χ3n) is 3.99. The van der Waals surface area contributed by atoms with Gasteiger partial charge in [-0.05, 0) is 17.2 Å². The van der Waals surface area contributed by atoms with Gasteiger partial charge in [-0.15, -0.1) is 0 Å². The third-order valence-corrected chi connectivity index (χ3v) is 3.99. The Morgan fingerprint density at radius 1 is 1.04 bits per heavy atom. The third kappa shape index (κ3) is 4.69. The number of guanidine groups is 1. The Morgan fingerprint density at radius 3 is 2.44 bits per heavy atom. The lowest BCUT2D eigenvalue weighted by molar-refractivity contribution is 0.684. The minimum absolute atomic E-state index is 0.681. The van der Waals surface area contributed by atoms with Crippen molar-refractivity contribution in [2.24, 2.45) is 12.0 Å². The first-order chi connectivity index (χ1) is 12.2. The molecule has 3 rings (SSSR count). The highest BCUT2D eigenvalue weighted by molar-refractivity contribution is 5.79. The summed E-state index contributed by atoms with van der Waals surface area (Å²) >= 11 is 0. The summed E-state index contributed by atoms with van der Waals surface area (Å²) in [5, 5.41) is 10.8. The Hall–Kier alpha value is -3.09. The molecule has 3 aromatic rings. The summed E-state index contributed by atoms with van der Waals surface area (Å²) in [6.07, 6.45) is 7.38. The summed E-state index contributed by atoms with van der Waals surface area (Å²) in [6.45, 7) is 2.23. The predicted molar refractivity (Wildman–Crippen MR) is 98.0 cm³/mol. The molecular formula is C18H23N7. The van der Waals surface area contributed by atoms with E-state index < -0.39 is 0 Å². The number of rotatable bonds is 6. The molecule has 0 radical (unpaired) electrons. The minimum Gasteiger partial charge on any atom is -0.352 e. The zero-order valence-electron chi connectivity index (χ0n) is 14.6. The molecule has 1 aromatic carbocycles. The maximum absolute atomic E-state index is 4.25. The van der Waals surface area contributed by atoms with Crippen LogP contribution in [-0.2, 0) is 26.7 Å². The number of aromatic nitrogens is 4. The summed E-state index contributed by atoms with van der Waals surface area (Å²) < 4.78 is 3.90. The van der Waals surface area contributed by atoms with E-state index in [4.69, 9.17) is 0 Å². The topological polar surface area (TPSA) is 72.1 Å². The van der Waals surface area contributed by atoms with Crippen molar-refractivity contribution in [3.63, 3.8) is 0 Å². The van der Waals surface area contributed by atoms with E-state index in [-0.39, 0.29) is 0 Å². The Morgan fingerprint density at radius 2 is 1.80 bits per heavy atom. The molecule has 0 aliphatic carbocycles. The molecular weight excluding hydrogens is 314 g/mol. The first-order valence-corrected chi connectivity index (χ1v) is 8.19. The maximum atomic E-state index is 4.25. The quantitative estimate of drug-likeness (QED) is 0.529. The van der Waals surface area contributed by atoms with Crippen LogP contribution < -0.4 is 10.6 Å². The van der Waals surface area contributed by atoms with Gasteiger partial charge in [-0.25, -0.2) is 4.98 Å². The van der Waals surface area contributed by atoms with Gasteiger partial charge in [0.25, 0.3) is 0 Å². The Balaban J connectivity index is 1.49. The smallest absolute Gasteiger partial charge is 0.191 e. The van der Waals surface area contributed by atoms with Gasteiger partial charge in [-0.3, -0.25) is 9.67 Å². The summed E-state index contributed by atoms with van der Waals surface area (Å²) in [5.74, 6) is 0.767. The van der Waals surface area contributed by atoms with Crippen molar-refractivity contribution in [2.45, 2.75) is 19.6 Å². The fourth-order valence-corrected chi connectivity index (χ4v) is 2.51. The highest BCUT2D eigenvalue weighted by Gasteiger charge is 2.02. The van der Waals surface area contributed by atoms with Crippen LogP contribution >= 0.6 is 0 Å². The van der Waals surface area contributed by atoms with Crippen LogP contribution in [0.2, 0.25) is 0 Å². The van der Waals surface area contributed by atoms with E-state index in [1.165, 1.54) is 11.1 Å². The molecule has 0 bridgehead atoms. The Labute approximate surface area is 147 Å². The fourth-order valence-electron chi connectivity index (χ4n) is 2.51. The second-order valence-electron chi connectivity index (χ2n) is 5.78. The van der Waals surface area contributed by atoms with Gasteiger partial charge in [0.15, 0.2) is 5.96 Å². The molecule has 0 saturated heterocycles. The predicted octanol–water partition coefficient (Wildman–Crippen LogP) is 1.53. The molecule has 0 amide bonds. The number of nitrogens with one attached hydrogen (secondary N) is 2. The lowest BCUT2D eigenvalue weighted by atomic mass is 10.1. The van der Waals surface area contributed by atoms with Crippen LogP contribution in [0.5, 0.6) is 0 Å². The molecule has 0 saturated carbocycles. The molecule has 0 spiro atoms. The van der Waals surface area contributed by atoms with Crippen LogP contribution in [0.3, 0.4) is 0 Å². The molecule has 0 aliphatic rings. The van der Waals surface area contributed by atoms with Gasteiger partial charge in [0.2, 0.25) is 0 Å². The lowest BCUT2D eigenvalue weighted by Gasteiger charge is -2.12. The van der Waals surface area contributed by atoms with Crippen LogP contribution in [0.25, 0.3) is 0 Å². The van der Waals surface area contributed by atoms with E-state index in [1.807, 2.05) is 30.3 Å². The zero-order chi connectivity index (χ0) is 17.5. The standard InChI is InChI=1S/C18H23N7/c1-19-18(22-12-17-7-8-23-24(17)2)21-11-15-3-5-16(6-4-15)13-25-10-9-20-14-25/h3-10,14H,11-13H2,1-2H3,(H2,19,21,22). The van der Waals surface area contributed by atoms with E-state index in [2.05, 4.69) is 54.5 Å². The lowest BCUT2D eigenvalue weighted by Crippen LogP contribution is -2.36. The molecule has 0 aliphatic heterocycles. The highest BCUT2D eigenvalue weighted by atomic mass is 15.3. The van der Waals surface area contributed by atoms with Crippen molar-refractivity contribution in [1.82, 2.24) is 30.0 Å². The largest absolute Gasteiger partial charge is 0.352 e. The van der Waals surface area contributed by atoms with Gasteiger partial charge in [0.05, 0.1) is 18.6 Å². The van der Waals surface area contributed by atoms with Crippen molar-refractivity contribution in [3.8, 4) is 0 Å². The summed E-state index contributed by atoms with van der Waals surface area (Å²) in [6, 6.07) is 10.5. The Bertz CT molecular complexity index is 800. The first kappa shape index (κ1) is 16.8. The van der Waals surface area contributed by atoms with Gasteiger partial charge < -0.3 is 15.2 Å². The van der Waals surface area contributed by atoms with E-state index in [0.29, 0.717) is 6.54 Å². The number of nitrogens with zero attached hydrogens (tertiary/aromatic N) is 5. The van der Waals surface area contributed by atoms with E-state index in [9.17, 15) is 0 Å². The molecule has 25 heavy (non-hydrogen) atoms. The molecule has 7 heteroatoms. The second-order valence-corrected chi connectivity index (χ2v) is 5.78. The second kappa shape index (κ2) is 8.14. The molecule has 0 fully saturated rings. The summed E-state index contributed by atoms with van der Waals surface area (Å²) in [4.78, 5) is 8.32. The molecule has 2 N–H and O–H groups in total. The van der Waals surface area contributed by atoms with Crippen molar-refractivity contribution in [1.29, 1.82) is 0 Å². The average molecular weight is 337 g/mol. The Kier molecular flexibility index (Phi) is 5.46. The van der Waals surface area contributed by atoms with Gasteiger partial charge in [0.1, 0.15) is 0 Å².